The van der Waals surface area contributed by atoms with Crippen LogP contribution in [0.5, 0.6) is 0 Å². The quantitative estimate of drug-likeness (QED) is 0.174. The number of nitrogens with one attached hydrogen (secondary N) is 2. The molecular weight excluding hydrogens is 346 g/mol. The van der Waals surface area contributed by atoms with Gasteiger partial charge in [0, 0.05) is 12.8 Å². The minimum absolute atomic E-state index is 0.0159. The molecule has 4 nitrogen and oxygen atoms in total. The molecule has 0 rings (SSSR count). The molecule has 0 aromatic heterocycles. The third kappa shape index (κ3) is 25.1. The van der Waals surface area contributed by atoms with Gasteiger partial charge in [-0.1, -0.05) is 111 Å². The van der Waals surface area contributed by atoms with Gasteiger partial charge in [-0.15, -0.1) is 0 Å². The highest BCUT2D eigenvalue weighted by atomic mass is 16.1. The van der Waals surface area contributed by atoms with Crippen molar-refractivity contribution in [2.24, 2.45) is 11.7 Å². The van der Waals surface area contributed by atoms with E-state index in [9.17, 15) is 4.79 Å². The van der Waals surface area contributed by atoms with Crippen molar-refractivity contribution >= 4 is 12.1 Å². The smallest absolute Gasteiger partial charge is 0.228 e. The normalized spacial score (nSPS) is 10.8. The zero-order valence-electron chi connectivity index (χ0n) is 20.0. The second-order valence-corrected chi connectivity index (χ2v) is 7.07. The second kappa shape index (κ2) is 30.8. The van der Waals surface area contributed by atoms with Crippen LogP contribution >= 0.6 is 0 Å². The predicted molar refractivity (Wildman–Crippen MR) is 127 cm³/mol. The van der Waals surface area contributed by atoms with E-state index in [4.69, 9.17) is 5.41 Å². The van der Waals surface area contributed by atoms with Crippen LogP contribution in [-0.4, -0.2) is 25.7 Å². The van der Waals surface area contributed by atoms with E-state index in [1.54, 1.807) is 0 Å². The van der Waals surface area contributed by atoms with Crippen molar-refractivity contribution in [2.45, 2.75) is 124 Å². The molecule has 0 fully saturated rings. The Hall–Kier alpha value is -0.900. The van der Waals surface area contributed by atoms with Gasteiger partial charge in [0.25, 0.3) is 0 Å². The fourth-order valence-corrected chi connectivity index (χ4v) is 3.04. The summed E-state index contributed by atoms with van der Waals surface area (Å²) in [4.78, 5) is 11.7. The lowest BCUT2D eigenvalue weighted by Crippen LogP contribution is -2.31. The van der Waals surface area contributed by atoms with Crippen LogP contribution < -0.4 is 11.1 Å². The Morgan fingerprint density at radius 1 is 0.786 bits per heavy atom. The molecule has 0 heterocycles. The van der Waals surface area contributed by atoms with Gasteiger partial charge >= 0.3 is 0 Å². The first kappa shape index (κ1) is 31.8. The lowest BCUT2D eigenvalue weighted by atomic mass is 10.0. The van der Waals surface area contributed by atoms with Crippen molar-refractivity contribution in [3.63, 3.8) is 0 Å². The molecule has 0 bridgehead atoms. The van der Waals surface area contributed by atoms with Crippen molar-refractivity contribution in [1.82, 2.24) is 5.32 Å². The van der Waals surface area contributed by atoms with Crippen LogP contribution in [0.4, 0.5) is 0 Å². The summed E-state index contributed by atoms with van der Waals surface area (Å²) in [7, 11) is 1.50. The number of unbranched alkanes of at least 4 members (excludes halogenated alkanes) is 13. The third-order valence-corrected chi connectivity index (χ3v) is 4.81. The number of carbonyl (C=O) groups is 1. The van der Waals surface area contributed by atoms with Crippen LogP contribution in [0.2, 0.25) is 0 Å². The molecule has 0 aromatic carbocycles. The van der Waals surface area contributed by atoms with Gasteiger partial charge in [0.15, 0.2) is 0 Å². The molecule has 0 aliphatic heterocycles. The fraction of sp³-hybridized carbons (Fsp3) is 0.917. The highest BCUT2D eigenvalue weighted by Gasteiger charge is 2.11. The Balaban J connectivity index is -0.00000146. The molecule has 0 radical (unpaired) electrons. The molecule has 4 N–H and O–H groups in total. The van der Waals surface area contributed by atoms with E-state index in [1.165, 1.54) is 96.7 Å². The standard InChI is InChI=1S/C21H42N2O.C2H6.CH5N/c1-3-5-6-7-8-9-10-11-12-13-14-15-16-17-18-23-21(24)20(4-2)19-22;2*1-2/h19-20,22H,3-18H2,1-2H3,(H,23,24);1-2H3;2H2,1H3. The Morgan fingerprint density at radius 2 is 1.14 bits per heavy atom. The van der Waals surface area contributed by atoms with E-state index >= 15 is 0 Å². The van der Waals surface area contributed by atoms with E-state index in [0.29, 0.717) is 6.42 Å². The van der Waals surface area contributed by atoms with Crippen molar-refractivity contribution in [3.8, 4) is 0 Å². The maximum Gasteiger partial charge on any atom is 0.228 e. The number of rotatable bonds is 18. The van der Waals surface area contributed by atoms with Gasteiger partial charge < -0.3 is 16.5 Å². The van der Waals surface area contributed by atoms with Crippen LogP contribution in [0.15, 0.2) is 0 Å². The Labute approximate surface area is 177 Å². The molecule has 4 heteroatoms. The first-order valence-electron chi connectivity index (χ1n) is 12.1. The van der Waals surface area contributed by atoms with Gasteiger partial charge in [-0.25, -0.2) is 0 Å². The zero-order chi connectivity index (χ0) is 21.9. The largest absolute Gasteiger partial charge is 0.356 e. The summed E-state index contributed by atoms with van der Waals surface area (Å²) < 4.78 is 0. The number of amides is 1. The maximum atomic E-state index is 11.7. The van der Waals surface area contributed by atoms with Gasteiger partial charge in [-0.2, -0.15) is 0 Å². The van der Waals surface area contributed by atoms with Crippen LogP contribution in [0.3, 0.4) is 0 Å². The monoisotopic (exact) mass is 399 g/mol. The molecule has 0 spiro atoms. The van der Waals surface area contributed by atoms with Gasteiger partial charge in [0.1, 0.15) is 0 Å². The first-order chi connectivity index (χ1) is 13.8. The van der Waals surface area contributed by atoms with E-state index in [0.717, 1.165) is 13.0 Å². The van der Waals surface area contributed by atoms with Crippen LogP contribution in [0, 0.1) is 11.3 Å². The highest BCUT2D eigenvalue weighted by Crippen LogP contribution is 2.12. The Bertz CT molecular complexity index is 296. The predicted octanol–water partition coefficient (Wildman–Crippen LogP) is 6.86. The highest BCUT2D eigenvalue weighted by molar-refractivity contribution is 5.92. The molecule has 0 aliphatic rings. The Morgan fingerprint density at radius 3 is 1.46 bits per heavy atom. The van der Waals surface area contributed by atoms with E-state index < -0.39 is 0 Å². The first-order valence-corrected chi connectivity index (χ1v) is 12.1. The maximum absolute atomic E-state index is 11.7. The summed E-state index contributed by atoms with van der Waals surface area (Å²) in [6, 6.07) is 0. The van der Waals surface area contributed by atoms with Crippen molar-refractivity contribution in [3.05, 3.63) is 0 Å². The number of carbonyl (C=O) groups excluding carboxylic acids is 1. The van der Waals surface area contributed by atoms with E-state index in [2.05, 4.69) is 18.0 Å². The van der Waals surface area contributed by atoms with E-state index in [1.807, 2.05) is 20.8 Å². The molecule has 1 amide bonds. The minimum atomic E-state index is -0.239. The summed E-state index contributed by atoms with van der Waals surface area (Å²) in [6.45, 7) is 8.99. The van der Waals surface area contributed by atoms with Crippen LogP contribution in [0.25, 0.3) is 0 Å². The summed E-state index contributed by atoms with van der Waals surface area (Å²) in [5, 5.41) is 10.1. The molecule has 170 valence electrons. The topological polar surface area (TPSA) is 79.0 Å². The van der Waals surface area contributed by atoms with Crippen LogP contribution in [0.1, 0.15) is 124 Å². The summed E-state index contributed by atoms with van der Waals surface area (Å²) in [5.74, 6) is -0.223. The molecule has 1 unspecified atom stereocenters. The second-order valence-electron chi connectivity index (χ2n) is 7.07. The lowest BCUT2D eigenvalue weighted by Gasteiger charge is -2.09. The molecule has 0 aromatic rings. The molecule has 0 saturated carbocycles. The number of nitrogens with two attached hydrogens (primary N) is 1. The number of hydrogen-bond donors (Lipinski definition) is 3. The van der Waals surface area contributed by atoms with Crippen molar-refractivity contribution < 1.29 is 4.79 Å². The summed E-state index contributed by atoms with van der Waals surface area (Å²) in [5.41, 5.74) is 4.50. The molecular formula is C24H53N3O. The van der Waals surface area contributed by atoms with E-state index in [-0.39, 0.29) is 11.8 Å². The Kier molecular flexibility index (Phi) is 35.0. The van der Waals surface area contributed by atoms with Crippen molar-refractivity contribution in [2.75, 3.05) is 13.6 Å². The molecule has 0 aliphatic carbocycles. The molecule has 0 saturated heterocycles. The van der Waals surface area contributed by atoms with Gasteiger partial charge in [-0.3, -0.25) is 4.79 Å². The average molecular weight is 400 g/mol. The SMILES string of the molecule is CC.CCCCCCCCCCCCCCCCNC(=O)C(C=N)CC.CN. The molecule has 28 heavy (non-hydrogen) atoms. The summed E-state index contributed by atoms with van der Waals surface area (Å²) in [6.07, 6.45) is 20.9. The third-order valence-electron chi connectivity index (χ3n) is 4.81. The average Bonchev–Trinajstić information content (AvgIpc) is 2.74. The lowest BCUT2D eigenvalue weighted by molar-refractivity contribution is -0.122. The minimum Gasteiger partial charge on any atom is -0.356 e. The van der Waals surface area contributed by atoms with Gasteiger partial charge in [0.05, 0.1) is 5.92 Å². The zero-order valence-corrected chi connectivity index (χ0v) is 20.0. The number of hydrogen-bond acceptors (Lipinski definition) is 3. The van der Waals surface area contributed by atoms with Gasteiger partial charge in [-0.05, 0) is 19.9 Å². The fourth-order valence-electron chi connectivity index (χ4n) is 3.04. The summed E-state index contributed by atoms with van der Waals surface area (Å²) >= 11 is 0. The molecule has 1 atom stereocenters. The van der Waals surface area contributed by atoms with Gasteiger partial charge in [0.2, 0.25) is 5.91 Å². The van der Waals surface area contributed by atoms with Crippen LogP contribution in [-0.2, 0) is 4.79 Å². The van der Waals surface area contributed by atoms with Crippen molar-refractivity contribution in [1.29, 1.82) is 5.41 Å².